The summed E-state index contributed by atoms with van der Waals surface area (Å²) in [5, 5.41) is 13.3. The molecule has 148 valence electrons. The van der Waals surface area contributed by atoms with E-state index >= 15 is 0 Å². The van der Waals surface area contributed by atoms with Crippen molar-refractivity contribution in [1.29, 1.82) is 0 Å². The van der Waals surface area contributed by atoms with Gasteiger partial charge in [-0.3, -0.25) is 9.88 Å². The number of primary amides is 1. The van der Waals surface area contributed by atoms with E-state index < -0.39 is 6.03 Å². The molecule has 0 bridgehead atoms. The Bertz CT molecular complexity index is 1160. The number of hydrogen-bond acceptors (Lipinski definition) is 3. The quantitative estimate of drug-likeness (QED) is 0.505. The Hall–Kier alpha value is -3.67. The van der Waals surface area contributed by atoms with E-state index in [0.717, 1.165) is 33.2 Å². The lowest BCUT2D eigenvalue weighted by Gasteiger charge is -2.14. The number of fused-ring (bicyclic) bond motifs is 1. The third-order valence-electron chi connectivity index (χ3n) is 4.54. The van der Waals surface area contributed by atoms with Crippen LogP contribution in [0.3, 0.4) is 0 Å². The highest BCUT2D eigenvalue weighted by molar-refractivity contribution is 5.93. The molecule has 3 aromatic carbocycles. The maximum Gasteiger partial charge on any atom is 0.319 e. The molecule has 0 aliphatic heterocycles. The maximum atomic E-state index is 11.5. The third-order valence-corrected chi connectivity index (χ3v) is 4.54. The van der Waals surface area contributed by atoms with Crippen LogP contribution >= 0.6 is 0 Å². The maximum absolute atomic E-state index is 11.5. The predicted molar refractivity (Wildman–Crippen MR) is 118 cm³/mol. The monoisotopic (exact) mass is 387 g/mol. The van der Waals surface area contributed by atoms with E-state index in [1.807, 2.05) is 80.8 Å². The molecule has 0 aliphatic rings. The summed E-state index contributed by atoms with van der Waals surface area (Å²) >= 11 is 0. The van der Waals surface area contributed by atoms with Gasteiger partial charge in [0.1, 0.15) is 0 Å². The highest BCUT2D eigenvalue weighted by atomic mass is 16.2. The smallest absolute Gasteiger partial charge is 0.319 e. The molecule has 0 aliphatic carbocycles. The number of rotatable bonds is 3. The summed E-state index contributed by atoms with van der Waals surface area (Å²) in [4.78, 5) is 11.5. The number of hydrogen-bond donors (Lipinski definition) is 2. The SMILES string of the molecule is CC.Cc1ccc(C)c(-c2nnc(NC(N)=O)n2-c2cccc3ccccc23)c1. The van der Waals surface area contributed by atoms with Crippen LogP contribution in [-0.2, 0) is 0 Å². The molecular weight excluding hydrogens is 362 g/mol. The van der Waals surface area contributed by atoms with Crippen molar-refractivity contribution >= 4 is 22.8 Å². The Morgan fingerprint density at radius 3 is 2.45 bits per heavy atom. The second-order valence-corrected chi connectivity index (χ2v) is 6.49. The van der Waals surface area contributed by atoms with Gasteiger partial charge in [-0.05, 0) is 36.9 Å². The zero-order valence-corrected chi connectivity index (χ0v) is 17.1. The van der Waals surface area contributed by atoms with Crippen LogP contribution in [0, 0.1) is 13.8 Å². The molecule has 4 rings (SSSR count). The molecule has 4 aromatic rings. The molecule has 1 aromatic heterocycles. The van der Waals surface area contributed by atoms with Crippen molar-refractivity contribution in [3.63, 3.8) is 0 Å². The van der Waals surface area contributed by atoms with Crippen LogP contribution in [-0.4, -0.2) is 20.8 Å². The van der Waals surface area contributed by atoms with Crippen LogP contribution in [0.5, 0.6) is 0 Å². The number of carbonyl (C=O) groups excluding carboxylic acids is 1. The van der Waals surface area contributed by atoms with Gasteiger partial charge in [0.25, 0.3) is 0 Å². The van der Waals surface area contributed by atoms with Crippen LogP contribution in [0.2, 0.25) is 0 Å². The van der Waals surface area contributed by atoms with Crippen LogP contribution < -0.4 is 11.1 Å². The number of nitrogens with two attached hydrogens (primary N) is 1. The Morgan fingerprint density at radius 1 is 0.966 bits per heavy atom. The van der Waals surface area contributed by atoms with Gasteiger partial charge in [-0.15, -0.1) is 10.2 Å². The molecule has 0 radical (unpaired) electrons. The lowest BCUT2D eigenvalue weighted by molar-refractivity contribution is 0.259. The Balaban J connectivity index is 0.00000117. The van der Waals surface area contributed by atoms with Crippen molar-refractivity contribution < 1.29 is 4.79 Å². The first-order valence-corrected chi connectivity index (χ1v) is 9.62. The predicted octanol–water partition coefficient (Wildman–Crippen LogP) is 5.22. The number of carbonyl (C=O) groups is 1. The first-order chi connectivity index (χ1) is 14.0. The second-order valence-electron chi connectivity index (χ2n) is 6.49. The molecular formula is C23H25N5O. The number of aromatic nitrogens is 3. The van der Waals surface area contributed by atoms with Gasteiger partial charge in [0.15, 0.2) is 5.82 Å². The van der Waals surface area contributed by atoms with Crippen molar-refractivity contribution in [2.45, 2.75) is 27.7 Å². The molecule has 0 fully saturated rings. The molecule has 0 spiro atoms. The van der Waals surface area contributed by atoms with Gasteiger partial charge in [0.05, 0.1) is 5.69 Å². The zero-order chi connectivity index (χ0) is 21.0. The highest BCUT2D eigenvalue weighted by Gasteiger charge is 2.19. The number of anilines is 1. The minimum absolute atomic E-state index is 0.287. The molecule has 0 saturated heterocycles. The van der Waals surface area contributed by atoms with E-state index in [0.29, 0.717) is 5.82 Å². The Kier molecular flexibility index (Phi) is 5.93. The lowest BCUT2D eigenvalue weighted by Crippen LogP contribution is -2.22. The Labute approximate surface area is 170 Å². The van der Waals surface area contributed by atoms with Crippen molar-refractivity contribution in [3.05, 3.63) is 71.8 Å². The second kappa shape index (κ2) is 8.56. The summed E-state index contributed by atoms with van der Waals surface area (Å²) in [5.41, 5.74) is 9.37. The third kappa shape index (κ3) is 3.96. The number of aryl methyl sites for hydroxylation is 2. The van der Waals surface area contributed by atoms with E-state index in [1.165, 1.54) is 0 Å². The summed E-state index contributed by atoms with van der Waals surface area (Å²) in [6.07, 6.45) is 0. The number of nitrogens with one attached hydrogen (secondary N) is 1. The fourth-order valence-electron chi connectivity index (χ4n) is 3.26. The summed E-state index contributed by atoms with van der Waals surface area (Å²) < 4.78 is 1.84. The minimum Gasteiger partial charge on any atom is -0.351 e. The minimum atomic E-state index is -0.684. The average Bonchev–Trinajstić information content (AvgIpc) is 3.13. The fourth-order valence-corrected chi connectivity index (χ4v) is 3.26. The fraction of sp³-hybridized carbons (Fsp3) is 0.174. The van der Waals surface area contributed by atoms with E-state index in [-0.39, 0.29) is 5.95 Å². The van der Waals surface area contributed by atoms with Crippen molar-refractivity contribution in [2.75, 3.05) is 5.32 Å². The first kappa shape index (κ1) is 20.1. The van der Waals surface area contributed by atoms with Crippen LogP contribution in [0.1, 0.15) is 25.0 Å². The van der Waals surface area contributed by atoms with E-state index in [9.17, 15) is 4.79 Å². The van der Waals surface area contributed by atoms with E-state index in [1.54, 1.807) is 0 Å². The van der Waals surface area contributed by atoms with Crippen LogP contribution in [0.25, 0.3) is 27.8 Å². The van der Waals surface area contributed by atoms with Crippen LogP contribution in [0.4, 0.5) is 10.7 Å². The molecule has 6 nitrogen and oxygen atoms in total. The van der Waals surface area contributed by atoms with Gasteiger partial charge < -0.3 is 5.73 Å². The highest BCUT2D eigenvalue weighted by Crippen LogP contribution is 2.31. The van der Waals surface area contributed by atoms with Gasteiger partial charge in [-0.25, -0.2) is 4.79 Å². The standard InChI is InChI=1S/C21H19N5O.C2H6/c1-13-10-11-14(2)17(12-13)19-24-25-21(23-20(22)27)26(19)18-9-5-7-15-6-3-4-8-16(15)18;1-2/h3-12H,1-2H3,(H3,22,23,25,27);1-2H3. The van der Waals surface area contributed by atoms with Crippen molar-refractivity contribution in [1.82, 2.24) is 14.8 Å². The van der Waals surface area contributed by atoms with E-state index in [4.69, 9.17) is 5.73 Å². The summed E-state index contributed by atoms with van der Waals surface area (Å²) in [5.74, 6) is 0.936. The molecule has 2 amide bonds. The normalized spacial score (nSPS) is 10.3. The number of amides is 2. The molecule has 0 saturated carbocycles. The van der Waals surface area contributed by atoms with Crippen LogP contribution in [0.15, 0.2) is 60.7 Å². The summed E-state index contributed by atoms with van der Waals surface area (Å²) in [6.45, 7) is 8.06. The lowest BCUT2D eigenvalue weighted by atomic mass is 10.0. The molecule has 29 heavy (non-hydrogen) atoms. The molecule has 6 heteroatoms. The average molecular weight is 387 g/mol. The number of benzene rings is 3. The number of urea groups is 1. The van der Waals surface area contributed by atoms with Gasteiger partial charge in [-0.2, -0.15) is 0 Å². The van der Waals surface area contributed by atoms with E-state index in [2.05, 4.69) is 27.6 Å². The van der Waals surface area contributed by atoms with Gasteiger partial charge in [-0.1, -0.05) is 67.9 Å². The molecule has 1 heterocycles. The molecule has 3 N–H and O–H groups in total. The van der Waals surface area contributed by atoms with Gasteiger partial charge in [0.2, 0.25) is 5.95 Å². The zero-order valence-electron chi connectivity index (χ0n) is 17.1. The molecule has 0 unspecified atom stereocenters. The van der Waals surface area contributed by atoms with Gasteiger partial charge in [0, 0.05) is 10.9 Å². The Morgan fingerprint density at radius 2 is 1.69 bits per heavy atom. The topological polar surface area (TPSA) is 85.8 Å². The van der Waals surface area contributed by atoms with Crippen molar-refractivity contribution in [2.24, 2.45) is 5.73 Å². The summed E-state index contributed by atoms with van der Waals surface area (Å²) in [6, 6.07) is 19.5. The molecule has 0 atom stereocenters. The number of nitrogens with zero attached hydrogens (tertiary/aromatic N) is 3. The summed E-state index contributed by atoms with van der Waals surface area (Å²) in [7, 11) is 0. The first-order valence-electron chi connectivity index (χ1n) is 9.62. The van der Waals surface area contributed by atoms with Gasteiger partial charge >= 0.3 is 6.03 Å². The van der Waals surface area contributed by atoms with Crippen molar-refractivity contribution in [3.8, 4) is 17.1 Å². The largest absolute Gasteiger partial charge is 0.351 e.